The third kappa shape index (κ3) is 3.14. The van der Waals surface area contributed by atoms with Crippen LogP contribution in [-0.2, 0) is 28.7 Å². The van der Waals surface area contributed by atoms with E-state index in [1.165, 1.54) is 6.07 Å². The molecule has 1 N–H and O–H groups in total. The molecule has 1 saturated carbocycles. The fourth-order valence-corrected chi connectivity index (χ4v) is 7.62. The van der Waals surface area contributed by atoms with Crippen LogP contribution in [0.25, 0.3) is 0 Å². The number of fused-ring (bicyclic) bond motifs is 2. The zero-order chi connectivity index (χ0) is 23.9. The van der Waals surface area contributed by atoms with Crippen molar-refractivity contribution in [2.45, 2.75) is 76.7 Å². The molecule has 0 aromatic carbocycles. The minimum Gasteiger partial charge on any atom is -0.356 e. The van der Waals surface area contributed by atoms with Gasteiger partial charge in [0, 0.05) is 43.5 Å². The molecule has 3 saturated heterocycles. The SMILES string of the molecule is CC1C2Cc3ncc(C(F)(F)F)cc3CN2C(=O)C12CCC(N1CCC3(CCNC3=O)CC1)C2. The van der Waals surface area contributed by atoms with Gasteiger partial charge >= 0.3 is 6.18 Å². The number of nitrogens with one attached hydrogen (secondary N) is 1. The first kappa shape index (κ1) is 22.3. The minimum absolute atomic E-state index is 0.00482. The number of aromatic nitrogens is 1. The molecule has 6 nitrogen and oxygen atoms in total. The standard InChI is InChI=1S/C25H31F3N4O2/c1-15-20-11-19-16(10-17(13-30-19)25(26,27)28)14-32(20)22(34)24(15)3-2-18(12-24)31-8-5-23(6-9-31)4-7-29-21(23)33/h10,13,15,18,20H,2-9,11-12,14H2,1H3,(H,29,33). The quantitative estimate of drug-likeness (QED) is 0.677. The molecule has 2 amide bonds. The summed E-state index contributed by atoms with van der Waals surface area (Å²) in [5, 5.41) is 2.99. The van der Waals surface area contributed by atoms with E-state index in [0.29, 0.717) is 23.7 Å². The van der Waals surface area contributed by atoms with E-state index in [9.17, 15) is 22.8 Å². The fourth-order valence-electron chi connectivity index (χ4n) is 7.62. The highest BCUT2D eigenvalue weighted by atomic mass is 19.4. The van der Waals surface area contributed by atoms with Crippen LogP contribution in [0.4, 0.5) is 13.2 Å². The van der Waals surface area contributed by atoms with Crippen LogP contribution in [0.5, 0.6) is 0 Å². The Morgan fingerprint density at radius 2 is 1.91 bits per heavy atom. The molecule has 6 rings (SSSR count). The number of pyridine rings is 1. The molecule has 4 atom stereocenters. The Bertz CT molecular complexity index is 1040. The Morgan fingerprint density at radius 3 is 2.59 bits per heavy atom. The van der Waals surface area contributed by atoms with Crippen LogP contribution < -0.4 is 5.32 Å². The Labute approximate surface area is 197 Å². The highest BCUT2D eigenvalue weighted by molar-refractivity contribution is 5.87. The highest BCUT2D eigenvalue weighted by Crippen LogP contribution is 2.56. The predicted molar refractivity (Wildman–Crippen MR) is 117 cm³/mol. The van der Waals surface area contributed by atoms with Gasteiger partial charge in [-0.25, -0.2) is 0 Å². The molecule has 0 radical (unpaired) electrons. The summed E-state index contributed by atoms with van der Waals surface area (Å²) in [6, 6.07) is 1.49. The summed E-state index contributed by atoms with van der Waals surface area (Å²) in [4.78, 5) is 34.6. The summed E-state index contributed by atoms with van der Waals surface area (Å²) in [5.41, 5.74) is -0.174. The summed E-state index contributed by atoms with van der Waals surface area (Å²) in [5.74, 6) is 0.451. The first-order chi connectivity index (χ1) is 16.1. The van der Waals surface area contributed by atoms with Crippen molar-refractivity contribution in [1.82, 2.24) is 20.1 Å². The number of halogens is 3. The number of carbonyl (C=O) groups excluding carboxylic acids is 2. The molecule has 184 valence electrons. The maximum Gasteiger partial charge on any atom is 0.417 e. The zero-order valence-electron chi connectivity index (χ0n) is 19.5. The number of nitrogens with zero attached hydrogens (tertiary/aromatic N) is 3. The smallest absolute Gasteiger partial charge is 0.356 e. The average molecular weight is 477 g/mol. The summed E-state index contributed by atoms with van der Waals surface area (Å²) in [6.45, 7) is 4.91. The lowest BCUT2D eigenvalue weighted by Crippen LogP contribution is -2.47. The van der Waals surface area contributed by atoms with Crippen molar-refractivity contribution >= 4 is 11.8 Å². The molecule has 9 heteroatoms. The number of piperidine rings is 1. The van der Waals surface area contributed by atoms with E-state index >= 15 is 0 Å². The summed E-state index contributed by atoms with van der Waals surface area (Å²) in [7, 11) is 0. The van der Waals surface area contributed by atoms with E-state index in [2.05, 4.69) is 22.1 Å². The van der Waals surface area contributed by atoms with Crippen molar-refractivity contribution in [3.05, 3.63) is 29.1 Å². The van der Waals surface area contributed by atoms with Crippen LogP contribution in [0.2, 0.25) is 0 Å². The lowest BCUT2D eigenvalue weighted by Gasteiger charge is -2.40. The molecule has 4 aliphatic heterocycles. The molecule has 1 aromatic heterocycles. The maximum atomic E-state index is 13.8. The molecule has 5 aliphatic rings. The molecular weight excluding hydrogens is 445 g/mol. The second-order valence-corrected chi connectivity index (χ2v) is 11.2. The molecule has 4 unspecified atom stereocenters. The third-order valence-electron chi connectivity index (χ3n) is 9.83. The molecule has 1 aromatic rings. The first-order valence-electron chi connectivity index (χ1n) is 12.5. The van der Waals surface area contributed by atoms with Crippen LogP contribution >= 0.6 is 0 Å². The van der Waals surface area contributed by atoms with Crippen molar-refractivity contribution in [1.29, 1.82) is 0 Å². The molecule has 4 fully saturated rings. The lowest BCUT2D eigenvalue weighted by atomic mass is 9.73. The Kier molecular flexibility index (Phi) is 4.87. The largest absolute Gasteiger partial charge is 0.417 e. The van der Waals surface area contributed by atoms with E-state index < -0.39 is 17.2 Å². The summed E-state index contributed by atoms with van der Waals surface area (Å²) >= 11 is 0. The van der Waals surface area contributed by atoms with Gasteiger partial charge in [-0.2, -0.15) is 13.2 Å². The lowest BCUT2D eigenvalue weighted by molar-refractivity contribution is -0.138. The van der Waals surface area contributed by atoms with Gasteiger partial charge in [-0.05, 0) is 69.2 Å². The fraction of sp³-hybridized carbons (Fsp3) is 0.720. The third-order valence-corrected chi connectivity index (χ3v) is 9.83. The number of amides is 2. The first-order valence-corrected chi connectivity index (χ1v) is 12.5. The Balaban J connectivity index is 1.18. The number of hydrogen-bond donors (Lipinski definition) is 1. The maximum absolute atomic E-state index is 13.8. The molecule has 0 bridgehead atoms. The zero-order valence-corrected chi connectivity index (χ0v) is 19.5. The van der Waals surface area contributed by atoms with E-state index in [-0.39, 0.29) is 35.7 Å². The predicted octanol–water partition coefficient (Wildman–Crippen LogP) is 3.14. The van der Waals surface area contributed by atoms with E-state index in [0.717, 1.165) is 64.4 Å². The van der Waals surface area contributed by atoms with Gasteiger partial charge in [0.1, 0.15) is 0 Å². The van der Waals surface area contributed by atoms with Crippen LogP contribution in [0.3, 0.4) is 0 Å². The molecule has 2 spiro atoms. The topological polar surface area (TPSA) is 65.5 Å². The highest BCUT2D eigenvalue weighted by Gasteiger charge is 2.61. The number of hydrogen-bond acceptors (Lipinski definition) is 4. The number of rotatable bonds is 1. The van der Waals surface area contributed by atoms with Gasteiger partial charge in [-0.15, -0.1) is 0 Å². The summed E-state index contributed by atoms with van der Waals surface area (Å²) < 4.78 is 39.6. The number of alkyl halides is 3. The molecular formula is C25H31F3N4O2. The van der Waals surface area contributed by atoms with Crippen molar-refractivity contribution in [2.75, 3.05) is 19.6 Å². The molecule has 34 heavy (non-hydrogen) atoms. The van der Waals surface area contributed by atoms with Gasteiger partial charge in [0.05, 0.1) is 16.4 Å². The van der Waals surface area contributed by atoms with Gasteiger partial charge in [0.2, 0.25) is 11.8 Å². The van der Waals surface area contributed by atoms with Gasteiger partial charge in [-0.1, -0.05) is 6.92 Å². The Hall–Kier alpha value is -2.16. The number of likely N-dealkylation sites (tertiary alicyclic amines) is 1. The average Bonchev–Trinajstić information content (AvgIpc) is 3.46. The van der Waals surface area contributed by atoms with Gasteiger partial charge in [0.25, 0.3) is 0 Å². The van der Waals surface area contributed by atoms with Crippen molar-refractivity contribution in [3.8, 4) is 0 Å². The van der Waals surface area contributed by atoms with E-state index in [1.807, 2.05) is 4.90 Å². The van der Waals surface area contributed by atoms with Crippen molar-refractivity contribution in [2.24, 2.45) is 16.7 Å². The van der Waals surface area contributed by atoms with E-state index in [1.54, 1.807) is 0 Å². The van der Waals surface area contributed by atoms with Crippen LogP contribution in [-0.4, -0.2) is 58.3 Å². The summed E-state index contributed by atoms with van der Waals surface area (Å²) in [6.07, 6.45) is 2.27. The second kappa shape index (κ2) is 7.42. The molecule has 1 aliphatic carbocycles. The van der Waals surface area contributed by atoms with E-state index in [4.69, 9.17) is 0 Å². The van der Waals surface area contributed by atoms with Crippen molar-refractivity contribution in [3.63, 3.8) is 0 Å². The van der Waals surface area contributed by atoms with Gasteiger partial charge in [0.15, 0.2) is 0 Å². The van der Waals surface area contributed by atoms with Crippen LogP contribution in [0, 0.1) is 16.7 Å². The second-order valence-electron chi connectivity index (χ2n) is 11.2. The van der Waals surface area contributed by atoms with Crippen LogP contribution in [0.1, 0.15) is 62.3 Å². The van der Waals surface area contributed by atoms with Crippen molar-refractivity contribution < 1.29 is 22.8 Å². The van der Waals surface area contributed by atoms with Crippen LogP contribution in [0.15, 0.2) is 12.3 Å². The number of carbonyl (C=O) groups is 2. The molecule has 5 heterocycles. The van der Waals surface area contributed by atoms with Gasteiger partial charge < -0.3 is 15.1 Å². The Morgan fingerprint density at radius 1 is 1.15 bits per heavy atom. The minimum atomic E-state index is -4.44. The van der Waals surface area contributed by atoms with Gasteiger partial charge in [-0.3, -0.25) is 14.6 Å². The normalized spacial score (nSPS) is 35.2. The monoisotopic (exact) mass is 476 g/mol.